The van der Waals surface area contributed by atoms with Crippen molar-refractivity contribution in [1.82, 2.24) is 54.3 Å². The number of likely N-dealkylation sites (tertiary alicyclic amines) is 2. The smallest absolute Gasteiger partial charge is 0.200 e. The minimum atomic E-state index is -0.0335. The highest BCUT2D eigenvalue weighted by Crippen LogP contribution is 2.50. The monoisotopic (exact) mass is 1690 g/mol. The molecule has 5 aromatic rings. The van der Waals surface area contributed by atoms with Crippen molar-refractivity contribution in [3.05, 3.63) is 83.8 Å². The van der Waals surface area contributed by atoms with Gasteiger partial charge in [0, 0.05) is 124 Å². The summed E-state index contributed by atoms with van der Waals surface area (Å²) in [6, 6.07) is 4.00. The van der Waals surface area contributed by atoms with E-state index < -0.39 is 0 Å². The van der Waals surface area contributed by atoms with Crippen LogP contribution in [0.25, 0.3) is 0 Å². The molecule has 13 nitrogen and oxygen atoms in total. The second-order valence-corrected chi connectivity index (χ2v) is 54.7. The Hall–Kier alpha value is -3.69. The largest absolute Gasteiger partial charge is 0.445 e. The maximum atomic E-state index is 5.69. The van der Waals surface area contributed by atoms with Crippen LogP contribution in [0.15, 0.2) is 8.94 Å². The molecular formula is C106H203N11O2S. The zero-order valence-electron chi connectivity index (χ0n) is 92.0. The first-order chi connectivity index (χ1) is 52.4. The fourth-order valence-electron chi connectivity index (χ4n) is 21.2. The Bertz CT molecular complexity index is 3500. The van der Waals surface area contributed by atoms with Crippen LogP contribution in [0.2, 0.25) is 0 Å². The maximum absolute atomic E-state index is 5.69. The Balaban J connectivity index is 0.000000686. The van der Waals surface area contributed by atoms with Crippen LogP contribution in [-0.4, -0.2) is 119 Å². The summed E-state index contributed by atoms with van der Waals surface area (Å²) < 4.78 is 13.6. The lowest BCUT2D eigenvalue weighted by molar-refractivity contribution is 0.0148. The van der Waals surface area contributed by atoms with Gasteiger partial charge in [0.25, 0.3) is 0 Å². The standard InChI is InChI=1S/2C15H31N.C15H27N.C14H30N2.2C12H21NO.C12H21NS.C11H21N3/c3*1-10-11(2)16(15(7,8)9)12(3)13(10)14(4,5)6;1-10-11(2)16(14(7,8)9)12(3)15(10)13(4,5)6;1-8-9(11(2,3)4)13-10(14-8)12(5,6)7;1-8-9(11(2,3)4)13-14-10(8)12(5,6)7;1-8-9(11(2,3)4)13-10(14-8)12(5,6)7;1-8-9(10(2,3)4)13-14(12-8)11(5,6)7/h2*10-13H,1-9H3;1-9H3;10-12H,1-9H3;4*1-7H3. The second-order valence-electron chi connectivity index (χ2n) is 53.5. The molecule has 8 rings (SSSR count). The van der Waals surface area contributed by atoms with Gasteiger partial charge in [-0.25, -0.2) is 9.97 Å². The second kappa shape index (κ2) is 39.1. The van der Waals surface area contributed by atoms with E-state index in [9.17, 15) is 0 Å². The minimum Gasteiger partial charge on any atom is -0.445 e. The van der Waals surface area contributed by atoms with E-state index in [4.69, 9.17) is 13.9 Å². The Morgan fingerprint density at radius 1 is 0.308 bits per heavy atom. The molecule has 120 heavy (non-hydrogen) atoms. The molecule has 0 aliphatic carbocycles. The average Bonchev–Trinajstić information content (AvgIpc) is 1.62. The van der Waals surface area contributed by atoms with Crippen LogP contribution in [0.4, 0.5) is 0 Å². The van der Waals surface area contributed by atoms with Gasteiger partial charge < -0.3 is 13.5 Å². The van der Waals surface area contributed by atoms with Crippen molar-refractivity contribution in [3.63, 3.8) is 0 Å². The summed E-state index contributed by atoms with van der Waals surface area (Å²) in [6.07, 6.45) is 0.519. The molecule has 700 valence electrons. The van der Waals surface area contributed by atoms with Crippen LogP contribution in [0, 0.1) is 83.0 Å². The van der Waals surface area contributed by atoms with Crippen molar-refractivity contribution in [2.24, 2.45) is 34.5 Å². The Morgan fingerprint density at radius 3 is 0.825 bits per heavy atom. The van der Waals surface area contributed by atoms with E-state index in [2.05, 4.69) is 474 Å². The van der Waals surface area contributed by atoms with Crippen molar-refractivity contribution in [2.75, 3.05) is 0 Å². The summed E-state index contributed by atoms with van der Waals surface area (Å²) in [5.41, 5.74) is 15.4. The van der Waals surface area contributed by atoms with Crippen LogP contribution >= 0.6 is 11.3 Å². The van der Waals surface area contributed by atoms with Gasteiger partial charge in [0.05, 0.1) is 45.2 Å². The third kappa shape index (κ3) is 30.0. The predicted molar refractivity (Wildman–Crippen MR) is 529 cm³/mol. The molecule has 3 fully saturated rings. The minimum absolute atomic E-state index is 0.00569. The Kier molecular flexibility index (Phi) is 37.2. The van der Waals surface area contributed by atoms with E-state index in [1.165, 1.54) is 43.7 Å². The zero-order chi connectivity index (χ0) is 96.1. The van der Waals surface area contributed by atoms with Crippen molar-refractivity contribution < 1.29 is 8.94 Å². The van der Waals surface area contributed by atoms with Gasteiger partial charge in [-0.3, -0.25) is 19.6 Å². The summed E-state index contributed by atoms with van der Waals surface area (Å²) in [5.74, 6) is 5.94. The van der Waals surface area contributed by atoms with Gasteiger partial charge in [0.1, 0.15) is 11.5 Å². The van der Waals surface area contributed by atoms with Gasteiger partial charge in [-0.05, 0) is 273 Å². The first-order valence-corrected chi connectivity index (χ1v) is 47.4. The number of hydrogen-bond donors (Lipinski definition) is 0. The molecule has 5 aromatic heterocycles. The van der Waals surface area contributed by atoms with Gasteiger partial charge in [0.15, 0.2) is 5.89 Å². The van der Waals surface area contributed by atoms with Crippen LogP contribution in [0.5, 0.6) is 0 Å². The molecule has 10 unspecified atom stereocenters. The molecule has 0 spiro atoms. The number of aromatic nitrogens is 7. The van der Waals surface area contributed by atoms with E-state index in [-0.39, 0.29) is 76.6 Å². The SMILES string of the molecule is CC1C(C)N(C(C)(C)C)C(C)C1C(C)(C)C.CC1C(C)N(C(C)(C)C)C(C)C1C(C)(C)C.CC1C(C)N(C(C)(C)C)C(C)N1C(C)(C)C.Cc1c(C(C)(C)C)c(C)n(C(C)(C)C)c1C.Cc1c(C(C)(C)C)noc1C(C)(C)C.Cc1nn(C(C)(C)C)nc1C(C)(C)C.Cc1oc(C(C)(C)C)nc1C(C)(C)C.Cc1sc(C(C)(C)C)nc1C(C)(C)C. The first-order valence-electron chi connectivity index (χ1n) is 46.6. The summed E-state index contributed by atoms with van der Waals surface area (Å²) in [6.45, 7) is 145. The Labute approximate surface area is 750 Å². The fraction of sp³-hybridized carbons (Fsp3) is 0.858. The lowest BCUT2D eigenvalue weighted by atomic mass is 9.71. The van der Waals surface area contributed by atoms with Crippen molar-refractivity contribution in [2.45, 2.75) is 562 Å². The van der Waals surface area contributed by atoms with Gasteiger partial charge in [0.2, 0.25) is 0 Å². The molecule has 3 aliphatic heterocycles. The summed E-state index contributed by atoms with van der Waals surface area (Å²) in [4.78, 5) is 23.2. The molecule has 3 saturated heterocycles. The van der Waals surface area contributed by atoms with Gasteiger partial charge >= 0.3 is 0 Å². The lowest BCUT2D eigenvalue weighted by Crippen LogP contribution is -2.52. The molecule has 14 heteroatoms. The van der Waals surface area contributed by atoms with E-state index in [0.29, 0.717) is 53.2 Å². The number of oxazole rings is 1. The average molecular weight is 1700 g/mol. The maximum Gasteiger partial charge on any atom is 0.200 e. The van der Waals surface area contributed by atoms with Gasteiger partial charge in [-0.2, -0.15) is 15.0 Å². The number of thiazole rings is 1. The predicted octanol–water partition coefficient (Wildman–Crippen LogP) is 30.0. The van der Waals surface area contributed by atoms with Crippen LogP contribution in [-0.2, 0) is 54.4 Å². The molecule has 0 N–H and O–H groups in total. The molecule has 0 aromatic carbocycles. The topological polar surface area (TPSA) is 114 Å². The van der Waals surface area contributed by atoms with E-state index in [1.54, 1.807) is 0 Å². The molecule has 8 heterocycles. The molecule has 0 bridgehead atoms. The summed E-state index contributed by atoms with van der Waals surface area (Å²) in [5, 5.41) is 14.4. The highest BCUT2D eigenvalue weighted by molar-refractivity contribution is 7.11. The van der Waals surface area contributed by atoms with E-state index in [1.807, 2.05) is 30.0 Å². The van der Waals surface area contributed by atoms with E-state index in [0.717, 1.165) is 63.9 Å². The highest BCUT2D eigenvalue weighted by Gasteiger charge is 2.53. The number of hydrogen-bond acceptors (Lipinski definition) is 12. The first kappa shape index (κ1) is 114. The van der Waals surface area contributed by atoms with Gasteiger partial charge in [-0.15, -0.1) is 11.3 Å². The van der Waals surface area contributed by atoms with Crippen LogP contribution in [0.1, 0.15) is 478 Å². The molecule has 0 radical (unpaired) electrons. The highest BCUT2D eigenvalue weighted by atomic mass is 32.1. The third-order valence-electron chi connectivity index (χ3n) is 25.0. The van der Waals surface area contributed by atoms with Gasteiger partial charge in [-0.1, -0.05) is 227 Å². The molecule has 10 atom stereocenters. The number of nitrogens with zero attached hydrogens (tertiary/aromatic N) is 11. The van der Waals surface area contributed by atoms with Crippen molar-refractivity contribution in [3.8, 4) is 0 Å². The summed E-state index contributed by atoms with van der Waals surface area (Å²) in [7, 11) is 0. The lowest BCUT2D eigenvalue weighted by Gasteiger charge is -2.42. The van der Waals surface area contributed by atoms with E-state index >= 15 is 0 Å². The molecule has 3 aliphatic rings. The number of aryl methyl sites for hydroxylation is 3. The number of rotatable bonds is 0. The fourth-order valence-corrected chi connectivity index (χ4v) is 22.4. The summed E-state index contributed by atoms with van der Waals surface area (Å²) >= 11 is 1.84. The normalized spacial score (nSPS) is 22.8. The van der Waals surface area contributed by atoms with Crippen molar-refractivity contribution in [1.29, 1.82) is 0 Å². The molecule has 0 amide bonds. The molecule has 0 saturated carbocycles. The van der Waals surface area contributed by atoms with Crippen LogP contribution < -0.4 is 0 Å². The zero-order valence-corrected chi connectivity index (χ0v) is 92.8. The molecular weight excluding hydrogens is 1490 g/mol. The van der Waals surface area contributed by atoms with Crippen LogP contribution in [0.3, 0.4) is 0 Å². The third-order valence-corrected chi connectivity index (χ3v) is 26.4. The Morgan fingerprint density at radius 2 is 0.658 bits per heavy atom. The quantitative estimate of drug-likeness (QED) is 0.148. The van der Waals surface area contributed by atoms with Crippen molar-refractivity contribution >= 4 is 11.3 Å².